The number of benzene rings is 1. The Morgan fingerprint density at radius 1 is 1.29 bits per heavy atom. The van der Waals surface area contributed by atoms with Crippen LogP contribution in [0.15, 0.2) is 12.1 Å². The Kier molecular flexibility index (Phi) is 2.91. The minimum atomic E-state index is 0.633. The van der Waals surface area contributed by atoms with E-state index < -0.39 is 0 Å². The smallest absolute Gasteiger partial charge is 0.124 e. The lowest BCUT2D eigenvalue weighted by atomic mass is 9.73. The van der Waals surface area contributed by atoms with Gasteiger partial charge in [0.15, 0.2) is 0 Å². The highest BCUT2D eigenvalue weighted by Crippen LogP contribution is 2.49. The molecule has 17 heavy (non-hydrogen) atoms. The predicted octanol–water partition coefficient (Wildman–Crippen LogP) is 4.05. The van der Waals surface area contributed by atoms with Gasteiger partial charge in [0.1, 0.15) is 5.75 Å². The van der Waals surface area contributed by atoms with Crippen LogP contribution in [0, 0.1) is 5.92 Å². The quantitative estimate of drug-likeness (QED) is 0.813. The molecule has 0 spiro atoms. The molecular formula is C14H18ClNO. The molecule has 0 amide bonds. The molecule has 1 saturated carbocycles. The highest BCUT2D eigenvalue weighted by Gasteiger charge is 2.34. The average Bonchev–Trinajstić information content (AvgIpc) is 2.39. The van der Waals surface area contributed by atoms with E-state index in [9.17, 15) is 0 Å². The molecule has 1 fully saturated rings. The molecule has 1 aliphatic carbocycles. The van der Waals surface area contributed by atoms with Gasteiger partial charge >= 0.3 is 0 Å². The van der Waals surface area contributed by atoms with Crippen LogP contribution in [0.2, 0.25) is 5.02 Å². The fraction of sp³-hybridized carbons (Fsp3) is 0.571. The van der Waals surface area contributed by atoms with Crippen molar-refractivity contribution in [1.82, 2.24) is 0 Å². The maximum absolute atomic E-state index is 6.28. The lowest BCUT2D eigenvalue weighted by molar-refractivity contribution is 0.302. The molecule has 3 heteroatoms. The van der Waals surface area contributed by atoms with Crippen LogP contribution in [0.4, 0.5) is 5.69 Å². The molecule has 3 rings (SSSR count). The summed E-state index contributed by atoms with van der Waals surface area (Å²) in [5, 5.41) is 4.32. The number of ether oxygens (including phenoxy) is 1. The monoisotopic (exact) mass is 251 g/mol. The van der Waals surface area contributed by atoms with Gasteiger partial charge in [0.2, 0.25) is 0 Å². The van der Waals surface area contributed by atoms with Crippen LogP contribution < -0.4 is 10.1 Å². The first-order chi connectivity index (χ1) is 8.31. The van der Waals surface area contributed by atoms with Crippen molar-refractivity contribution >= 4 is 17.3 Å². The van der Waals surface area contributed by atoms with Crippen LogP contribution in [0.1, 0.15) is 37.2 Å². The van der Waals surface area contributed by atoms with Crippen molar-refractivity contribution in [2.45, 2.75) is 31.6 Å². The van der Waals surface area contributed by atoms with E-state index >= 15 is 0 Å². The van der Waals surface area contributed by atoms with Crippen LogP contribution in [0.5, 0.6) is 5.75 Å². The number of nitrogens with one attached hydrogen (secondary N) is 1. The van der Waals surface area contributed by atoms with E-state index in [1.54, 1.807) is 7.11 Å². The van der Waals surface area contributed by atoms with E-state index in [1.165, 1.54) is 31.2 Å². The number of hydrogen-bond donors (Lipinski definition) is 1. The van der Waals surface area contributed by atoms with Gasteiger partial charge < -0.3 is 10.1 Å². The standard InChI is InChI=1S/C14H18ClNO/c1-17-12-7-6-11(15)14-13(12)10-5-3-2-4-9(10)8-16-14/h6-7,9-10,16H,2-5,8H2,1H3. The normalized spacial score (nSPS) is 26.7. The fourth-order valence-electron chi connectivity index (χ4n) is 3.36. The van der Waals surface area contributed by atoms with E-state index in [0.29, 0.717) is 5.92 Å². The molecule has 1 aliphatic heterocycles. The molecule has 0 bridgehead atoms. The zero-order valence-electron chi connectivity index (χ0n) is 10.1. The van der Waals surface area contributed by atoms with Crippen LogP contribution in [0.3, 0.4) is 0 Å². The van der Waals surface area contributed by atoms with Gasteiger partial charge in [0.05, 0.1) is 17.8 Å². The number of rotatable bonds is 1. The summed E-state index contributed by atoms with van der Waals surface area (Å²) in [6.45, 7) is 1.06. The van der Waals surface area contributed by atoms with E-state index in [2.05, 4.69) is 5.32 Å². The summed E-state index contributed by atoms with van der Waals surface area (Å²) in [6, 6.07) is 3.93. The van der Waals surface area contributed by atoms with Gasteiger partial charge in [0, 0.05) is 12.1 Å². The number of methoxy groups -OCH3 is 1. The van der Waals surface area contributed by atoms with Gasteiger partial charge in [-0.2, -0.15) is 0 Å². The topological polar surface area (TPSA) is 21.3 Å². The zero-order valence-corrected chi connectivity index (χ0v) is 10.9. The second-order valence-electron chi connectivity index (χ2n) is 5.07. The molecule has 1 heterocycles. The molecule has 2 unspecified atom stereocenters. The largest absolute Gasteiger partial charge is 0.496 e. The molecule has 92 valence electrons. The number of anilines is 1. The summed E-state index contributed by atoms with van der Waals surface area (Å²) in [5.74, 6) is 2.38. The van der Waals surface area contributed by atoms with Gasteiger partial charge in [-0.15, -0.1) is 0 Å². The van der Waals surface area contributed by atoms with Crippen LogP contribution >= 0.6 is 11.6 Å². The number of fused-ring (bicyclic) bond motifs is 3. The third kappa shape index (κ3) is 1.79. The molecule has 1 aromatic rings. The lowest BCUT2D eigenvalue weighted by Crippen LogP contribution is -2.30. The molecule has 1 N–H and O–H groups in total. The molecule has 0 aromatic heterocycles. The maximum Gasteiger partial charge on any atom is 0.124 e. The summed E-state index contributed by atoms with van der Waals surface area (Å²) < 4.78 is 5.52. The second-order valence-corrected chi connectivity index (χ2v) is 5.48. The predicted molar refractivity (Wildman–Crippen MR) is 71.2 cm³/mol. The Bertz CT molecular complexity index is 432. The first kappa shape index (κ1) is 11.2. The van der Waals surface area contributed by atoms with Crippen LogP contribution in [-0.4, -0.2) is 13.7 Å². The lowest BCUT2D eigenvalue weighted by Gasteiger charge is -2.38. The molecule has 2 aliphatic rings. The second kappa shape index (κ2) is 4.41. The van der Waals surface area contributed by atoms with Gasteiger partial charge in [-0.3, -0.25) is 0 Å². The van der Waals surface area contributed by atoms with Gasteiger partial charge in [-0.25, -0.2) is 0 Å². The van der Waals surface area contributed by atoms with Crippen LogP contribution in [0.25, 0.3) is 0 Å². The Hall–Kier alpha value is -0.890. The molecule has 1 aromatic carbocycles. The highest BCUT2D eigenvalue weighted by molar-refractivity contribution is 6.33. The minimum Gasteiger partial charge on any atom is -0.496 e. The minimum absolute atomic E-state index is 0.633. The zero-order chi connectivity index (χ0) is 11.8. The van der Waals surface area contributed by atoms with E-state index in [1.807, 2.05) is 12.1 Å². The molecular weight excluding hydrogens is 234 g/mol. The summed E-state index contributed by atoms with van der Waals surface area (Å²) in [4.78, 5) is 0. The maximum atomic E-state index is 6.28. The first-order valence-corrected chi connectivity index (χ1v) is 6.79. The van der Waals surface area contributed by atoms with Gasteiger partial charge in [-0.05, 0) is 36.8 Å². The Morgan fingerprint density at radius 3 is 2.94 bits per heavy atom. The Balaban J connectivity index is 2.10. The average molecular weight is 252 g/mol. The molecule has 0 radical (unpaired) electrons. The third-order valence-corrected chi connectivity index (χ3v) is 4.51. The molecule has 2 atom stereocenters. The van der Waals surface area contributed by atoms with E-state index in [-0.39, 0.29) is 0 Å². The number of halogens is 1. The van der Waals surface area contributed by atoms with Crippen molar-refractivity contribution in [3.05, 3.63) is 22.7 Å². The third-order valence-electron chi connectivity index (χ3n) is 4.20. The molecule has 0 saturated heterocycles. The highest BCUT2D eigenvalue weighted by atomic mass is 35.5. The van der Waals surface area contributed by atoms with Crippen molar-refractivity contribution < 1.29 is 4.74 Å². The van der Waals surface area contributed by atoms with Gasteiger partial charge in [-0.1, -0.05) is 24.4 Å². The van der Waals surface area contributed by atoms with Crippen molar-refractivity contribution in [2.75, 3.05) is 19.0 Å². The summed E-state index contributed by atoms with van der Waals surface area (Å²) >= 11 is 6.28. The van der Waals surface area contributed by atoms with Crippen molar-refractivity contribution in [2.24, 2.45) is 5.92 Å². The Morgan fingerprint density at radius 2 is 2.12 bits per heavy atom. The number of hydrogen-bond acceptors (Lipinski definition) is 2. The van der Waals surface area contributed by atoms with Crippen molar-refractivity contribution in [3.8, 4) is 5.75 Å². The van der Waals surface area contributed by atoms with Crippen molar-refractivity contribution in [1.29, 1.82) is 0 Å². The van der Waals surface area contributed by atoms with Crippen LogP contribution in [-0.2, 0) is 0 Å². The first-order valence-electron chi connectivity index (χ1n) is 6.41. The van der Waals surface area contributed by atoms with Crippen molar-refractivity contribution in [3.63, 3.8) is 0 Å². The van der Waals surface area contributed by atoms with E-state index in [4.69, 9.17) is 16.3 Å². The summed E-state index contributed by atoms with van der Waals surface area (Å²) in [5.41, 5.74) is 2.42. The van der Waals surface area contributed by atoms with Gasteiger partial charge in [0.25, 0.3) is 0 Å². The SMILES string of the molecule is COc1ccc(Cl)c2c1C1CCCCC1CN2. The van der Waals surface area contributed by atoms with E-state index in [0.717, 1.165) is 28.9 Å². The summed E-state index contributed by atoms with van der Waals surface area (Å²) in [7, 11) is 1.75. The molecule has 2 nitrogen and oxygen atoms in total. The summed E-state index contributed by atoms with van der Waals surface area (Å²) in [6.07, 6.45) is 5.29. The Labute approximate surface area is 107 Å². The fourth-order valence-corrected chi connectivity index (χ4v) is 3.60.